The first kappa shape index (κ1) is 18.1. The van der Waals surface area contributed by atoms with E-state index in [4.69, 9.17) is 23.2 Å². The summed E-state index contributed by atoms with van der Waals surface area (Å²) in [6.45, 7) is 0. The number of urea groups is 1. The molecule has 0 aliphatic carbocycles. The summed E-state index contributed by atoms with van der Waals surface area (Å²) in [5.74, 6) is 0.406. The minimum Gasteiger partial charge on any atom is -0.308 e. The molecule has 0 atom stereocenters. The van der Waals surface area contributed by atoms with E-state index in [1.165, 1.54) is 0 Å². The number of hydrogen-bond donors (Lipinski definition) is 3. The number of nitrogens with one attached hydrogen (secondary N) is 3. The van der Waals surface area contributed by atoms with Crippen LogP contribution in [0.1, 0.15) is 0 Å². The summed E-state index contributed by atoms with van der Waals surface area (Å²) < 4.78 is 1.44. The number of carbonyl (C=O) groups excluding carboxylic acids is 1. The van der Waals surface area contributed by atoms with E-state index in [2.05, 4.69) is 63.1 Å². The van der Waals surface area contributed by atoms with E-state index in [0.717, 1.165) is 4.47 Å². The molecule has 0 radical (unpaired) electrons. The third kappa shape index (κ3) is 4.49. The lowest BCUT2D eigenvalue weighted by Gasteiger charge is -2.13. The zero-order chi connectivity index (χ0) is 18.0. The molecule has 3 rings (SSSR count). The number of tetrazole rings is 1. The number of anilines is 2. The molecule has 0 saturated carbocycles. The fourth-order valence-electron chi connectivity index (χ4n) is 2.06. The average Bonchev–Trinajstić information content (AvgIpc) is 3.02. The van der Waals surface area contributed by atoms with Crippen LogP contribution in [0.4, 0.5) is 16.2 Å². The van der Waals surface area contributed by atoms with Crippen LogP contribution in [0.3, 0.4) is 0 Å². The van der Waals surface area contributed by atoms with Gasteiger partial charge < -0.3 is 10.6 Å². The first-order valence-electron chi connectivity index (χ1n) is 6.69. The lowest BCUT2D eigenvalue weighted by Crippen LogP contribution is -2.20. The summed E-state index contributed by atoms with van der Waals surface area (Å²) in [7, 11) is 0. The Morgan fingerprint density at radius 3 is 2.40 bits per heavy atom. The number of benzene rings is 2. The van der Waals surface area contributed by atoms with Gasteiger partial charge in [-0.25, -0.2) is 9.89 Å². The van der Waals surface area contributed by atoms with Crippen LogP contribution in [0.5, 0.6) is 0 Å². The normalized spacial score (nSPS) is 10.6. The summed E-state index contributed by atoms with van der Waals surface area (Å²) >= 11 is 18.7. The fraction of sp³-hybridized carbons (Fsp3) is 0. The molecule has 2 aromatic carbocycles. The Morgan fingerprint density at radius 2 is 1.76 bits per heavy atom. The number of H-pyrrole nitrogens is 1. The van der Waals surface area contributed by atoms with Gasteiger partial charge in [0.05, 0.1) is 5.69 Å². The van der Waals surface area contributed by atoms with Gasteiger partial charge in [0, 0.05) is 30.2 Å². The van der Waals surface area contributed by atoms with Crippen molar-refractivity contribution < 1.29 is 4.79 Å². The van der Waals surface area contributed by atoms with Gasteiger partial charge in [-0.2, -0.15) is 0 Å². The van der Waals surface area contributed by atoms with Crippen LogP contribution in [-0.4, -0.2) is 26.7 Å². The average molecular weight is 507 g/mol. The van der Waals surface area contributed by atoms with Gasteiger partial charge in [0.1, 0.15) is 0 Å². The van der Waals surface area contributed by atoms with Crippen molar-refractivity contribution in [2.45, 2.75) is 0 Å². The Balaban J connectivity index is 1.88. The summed E-state index contributed by atoms with van der Waals surface area (Å²) in [5.41, 5.74) is 1.56. The highest BCUT2D eigenvalue weighted by Gasteiger charge is 2.16. The second-order valence-electron chi connectivity index (χ2n) is 4.80. The highest BCUT2D eigenvalue weighted by Crippen LogP contribution is 2.36. The highest BCUT2D eigenvalue weighted by molar-refractivity contribution is 9.11. The van der Waals surface area contributed by atoms with Crippen LogP contribution in [-0.2, 0) is 0 Å². The smallest absolute Gasteiger partial charge is 0.308 e. The van der Waals surface area contributed by atoms with Gasteiger partial charge >= 0.3 is 6.03 Å². The van der Waals surface area contributed by atoms with Crippen molar-refractivity contribution in [2.24, 2.45) is 0 Å². The Kier molecular flexibility index (Phi) is 5.57. The Bertz CT molecular complexity index is 915. The maximum Gasteiger partial charge on any atom is 0.323 e. The molecule has 0 aliphatic rings. The van der Waals surface area contributed by atoms with Crippen LogP contribution < -0.4 is 10.6 Å². The third-order valence-electron chi connectivity index (χ3n) is 3.01. The van der Waals surface area contributed by atoms with E-state index in [0.29, 0.717) is 37.3 Å². The van der Waals surface area contributed by atoms with Crippen molar-refractivity contribution in [2.75, 3.05) is 10.6 Å². The Hall–Kier alpha value is -1.68. The topological polar surface area (TPSA) is 95.6 Å². The van der Waals surface area contributed by atoms with Crippen molar-refractivity contribution in [3.8, 4) is 11.4 Å². The van der Waals surface area contributed by atoms with E-state index in [1.807, 2.05) is 0 Å². The zero-order valence-corrected chi connectivity index (χ0v) is 16.8. The SMILES string of the molecule is O=C(Nc1cc(Cl)cc(Cl)c1)Nc1c(Br)cc(Br)cc1-c1nnn[nH]1. The molecule has 0 saturated heterocycles. The molecule has 3 N–H and O–H groups in total. The number of aromatic amines is 1. The van der Waals surface area contributed by atoms with Crippen molar-refractivity contribution >= 4 is 72.5 Å². The first-order chi connectivity index (χ1) is 11.9. The van der Waals surface area contributed by atoms with E-state index < -0.39 is 6.03 Å². The molecule has 1 aromatic heterocycles. The number of nitrogens with zero attached hydrogens (tertiary/aromatic N) is 3. The molecule has 0 spiro atoms. The lowest BCUT2D eigenvalue weighted by molar-refractivity contribution is 0.262. The van der Waals surface area contributed by atoms with E-state index in [1.54, 1.807) is 30.3 Å². The quantitative estimate of drug-likeness (QED) is 0.446. The maximum atomic E-state index is 12.4. The fourth-order valence-corrected chi connectivity index (χ4v) is 3.91. The van der Waals surface area contributed by atoms with E-state index in [9.17, 15) is 4.79 Å². The van der Waals surface area contributed by atoms with Gasteiger partial charge in [-0.1, -0.05) is 39.1 Å². The predicted octanol–water partition coefficient (Wildman–Crippen LogP) is 5.34. The van der Waals surface area contributed by atoms with Gasteiger partial charge in [-0.3, -0.25) is 0 Å². The monoisotopic (exact) mass is 504 g/mol. The number of aromatic nitrogens is 4. The molecular weight excluding hydrogens is 499 g/mol. The minimum absolute atomic E-state index is 0.406. The molecule has 11 heteroatoms. The van der Waals surface area contributed by atoms with Crippen molar-refractivity contribution in [1.82, 2.24) is 20.6 Å². The summed E-state index contributed by atoms with van der Waals surface area (Å²) in [6.07, 6.45) is 0. The summed E-state index contributed by atoms with van der Waals surface area (Å²) in [4.78, 5) is 12.4. The van der Waals surface area contributed by atoms with Gasteiger partial charge in [-0.15, -0.1) is 5.10 Å². The minimum atomic E-state index is -0.477. The van der Waals surface area contributed by atoms with Crippen LogP contribution in [0.2, 0.25) is 10.0 Å². The van der Waals surface area contributed by atoms with E-state index >= 15 is 0 Å². The molecule has 0 fully saturated rings. The number of halogens is 4. The Morgan fingerprint density at radius 1 is 1.04 bits per heavy atom. The van der Waals surface area contributed by atoms with Crippen LogP contribution in [0.25, 0.3) is 11.4 Å². The van der Waals surface area contributed by atoms with E-state index in [-0.39, 0.29) is 0 Å². The van der Waals surface area contributed by atoms with Crippen LogP contribution >= 0.6 is 55.1 Å². The molecular formula is C14H8Br2Cl2N6O. The largest absolute Gasteiger partial charge is 0.323 e. The second kappa shape index (κ2) is 7.69. The highest BCUT2D eigenvalue weighted by atomic mass is 79.9. The van der Waals surface area contributed by atoms with Crippen LogP contribution in [0, 0.1) is 0 Å². The van der Waals surface area contributed by atoms with Gasteiger partial charge in [-0.05, 0) is 56.7 Å². The lowest BCUT2D eigenvalue weighted by atomic mass is 10.1. The number of amides is 2. The summed E-state index contributed by atoms with van der Waals surface area (Å²) in [6, 6.07) is 7.84. The van der Waals surface area contributed by atoms with Gasteiger partial charge in [0.25, 0.3) is 0 Å². The Labute approximate surface area is 168 Å². The third-order valence-corrected chi connectivity index (χ3v) is 4.53. The molecule has 3 aromatic rings. The van der Waals surface area contributed by atoms with Crippen molar-refractivity contribution in [3.05, 3.63) is 49.3 Å². The number of carbonyl (C=O) groups is 1. The standard InChI is InChI=1S/C14H8Br2Cl2N6O/c15-6-1-10(13-21-23-24-22-13)12(11(16)2-6)20-14(25)19-9-4-7(17)3-8(18)5-9/h1-5H,(H2,19,20,25)(H,21,22,23,24). The molecule has 7 nitrogen and oxygen atoms in total. The van der Waals surface area contributed by atoms with Crippen molar-refractivity contribution in [1.29, 1.82) is 0 Å². The second-order valence-corrected chi connectivity index (χ2v) is 7.44. The maximum absolute atomic E-state index is 12.4. The molecule has 25 heavy (non-hydrogen) atoms. The van der Waals surface area contributed by atoms with Gasteiger partial charge in [0.2, 0.25) is 0 Å². The predicted molar refractivity (Wildman–Crippen MR) is 104 cm³/mol. The van der Waals surface area contributed by atoms with Crippen molar-refractivity contribution in [3.63, 3.8) is 0 Å². The molecule has 0 aliphatic heterocycles. The van der Waals surface area contributed by atoms with Gasteiger partial charge in [0.15, 0.2) is 5.82 Å². The number of hydrogen-bond acceptors (Lipinski definition) is 4. The molecule has 0 bridgehead atoms. The summed E-state index contributed by atoms with van der Waals surface area (Å²) in [5, 5.41) is 19.9. The zero-order valence-electron chi connectivity index (χ0n) is 12.1. The van der Waals surface area contributed by atoms with Crippen LogP contribution in [0.15, 0.2) is 39.3 Å². The molecule has 0 unspecified atom stereocenters. The number of rotatable bonds is 3. The molecule has 1 heterocycles. The molecule has 2 amide bonds. The molecule has 128 valence electrons. The first-order valence-corrected chi connectivity index (χ1v) is 9.04.